The van der Waals surface area contributed by atoms with Crippen molar-refractivity contribution in [2.75, 3.05) is 19.6 Å². The summed E-state index contributed by atoms with van der Waals surface area (Å²) in [5, 5.41) is 0. The van der Waals surface area contributed by atoms with Gasteiger partial charge in [-0.3, -0.25) is 9.80 Å². The fourth-order valence-corrected chi connectivity index (χ4v) is 3.41. The van der Waals surface area contributed by atoms with Gasteiger partial charge < -0.3 is 0 Å². The van der Waals surface area contributed by atoms with Crippen molar-refractivity contribution < 1.29 is 0 Å². The van der Waals surface area contributed by atoms with Crippen molar-refractivity contribution in [3.8, 4) is 0 Å². The fraction of sp³-hybridized carbons (Fsp3) is 0.684. The average Bonchev–Trinajstić information content (AvgIpc) is 2.46. The van der Waals surface area contributed by atoms with Crippen LogP contribution in [0.25, 0.3) is 0 Å². The molecule has 1 aliphatic heterocycles. The summed E-state index contributed by atoms with van der Waals surface area (Å²) in [6.07, 6.45) is 0. The molecule has 0 radical (unpaired) electrons. The van der Waals surface area contributed by atoms with Crippen LogP contribution in [-0.4, -0.2) is 41.5 Å². The van der Waals surface area contributed by atoms with Gasteiger partial charge in [-0.1, -0.05) is 38.1 Å². The predicted octanol–water partition coefficient (Wildman–Crippen LogP) is 4.29. The monoisotopic (exact) mass is 288 g/mol. The van der Waals surface area contributed by atoms with Crippen molar-refractivity contribution in [3.05, 3.63) is 35.4 Å². The summed E-state index contributed by atoms with van der Waals surface area (Å²) in [7, 11) is 0. The summed E-state index contributed by atoms with van der Waals surface area (Å²) in [4.78, 5) is 5.26. The first-order chi connectivity index (χ1) is 9.90. The zero-order valence-corrected chi connectivity index (χ0v) is 14.6. The van der Waals surface area contributed by atoms with E-state index in [0.717, 1.165) is 0 Å². The quantitative estimate of drug-likeness (QED) is 0.815. The summed E-state index contributed by atoms with van der Waals surface area (Å²) in [6.45, 7) is 17.4. The number of nitrogens with zero attached hydrogens (tertiary/aromatic N) is 2. The SMILES string of the molecule is CC(C)c1cccc([C@H](C)N2CCN(C(C)C)C[C@H]2C)c1. The number of piperazine rings is 1. The van der Waals surface area contributed by atoms with Crippen molar-refractivity contribution in [2.24, 2.45) is 0 Å². The van der Waals surface area contributed by atoms with Gasteiger partial charge >= 0.3 is 0 Å². The van der Waals surface area contributed by atoms with Crippen molar-refractivity contribution in [3.63, 3.8) is 0 Å². The number of benzene rings is 1. The van der Waals surface area contributed by atoms with Gasteiger partial charge in [0.1, 0.15) is 0 Å². The van der Waals surface area contributed by atoms with Crippen molar-refractivity contribution in [2.45, 2.75) is 65.6 Å². The van der Waals surface area contributed by atoms with E-state index in [0.29, 0.717) is 24.0 Å². The molecular formula is C19H32N2. The Hall–Kier alpha value is -0.860. The largest absolute Gasteiger partial charge is 0.298 e. The predicted molar refractivity (Wildman–Crippen MR) is 91.8 cm³/mol. The van der Waals surface area contributed by atoms with E-state index in [1.165, 1.54) is 30.8 Å². The highest BCUT2D eigenvalue weighted by molar-refractivity contribution is 5.28. The van der Waals surface area contributed by atoms with Crippen molar-refractivity contribution in [1.82, 2.24) is 9.80 Å². The van der Waals surface area contributed by atoms with Crippen LogP contribution in [0.1, 0.15) is 64.6 Å². The lowest BCUT2D eigenvalue weighted by Gasteiger charge is -2.44. The van der Waals surface area contributed by atoms with Crippen LogP contribution in [0.3, 0.4) is 0 Å². The zero-order chi connectivity index (χ0) is 15.6. The molecule has 0 N–H and O–H groups in total. The van der Waals surface area contributed by atoms with Crippen LogP contribution in [0.5, 0.6) is 0 Å². The van der Waals surface area contributed by atoms with Gasteiger partial charge in [0.05, 0.1) is 0 Å². The maximum Gasteiger partial charge on any atom is 0.0323 e. The standard InChI is InChI=1S/C19H32N2/c1-14(2)18-8-7-9-19(12-18)17(6)21-11-10-20(15(3)4)13-16(21)5/h7-9,12,14-17H,10-11,13H2,1-6H3/t16-,17+/m1/s1. The molecular weight excluding hydrogens is 256 g/mol. The van der Waals surface area contributed by atoms with Gasteiger partial charge in [0.2, 0.25) is 0 Å². The second-order valence-corrected chi connectivity index (χ2v) is 7.18. The maximum atomic E-state index is 2.66. The van der Waals surface area contributed by atoms with Gasteiger partial charge in [0, 0.05) is 37.8 Å². The lowest BCUT2D eigenvalue weighted by atomic mass is 9.96. The first-order valence-electron chi connectivity index (χ1n) is 8.49. The minimum absolute atomic E-state index is 0.507. The molecule has 21 heavy (non-hydrogen) atoms. The Balaban J connectivity index is 2.10. The molecule has 0 unspecified atom stereocenters. The minimum Gasteiger partial charge on any atom is -0.298 e. The second-order valence-electron chi connectivity index (χ2n) is 7.18. The number of hydrogen-bond donors (Lipinski definition) is 0. The molecule has 118 valence electrons. The van der Waals surface area contributed by atoms with E-state index in [1.807, 2.05) is 0 Å². The normalized spacial score (nSPS) is 23.0. The smallest absolute Gasteiger partial charge is 0.0323 e. The molecule has 1 heterocycles. The van der Waals surface area contributed by atoms with Gasteiger partial charge in [-0.05, 0) is 44.7 Å². The Bertz CT molecular complexity index is 453. The maximum absolute atomic E-state index is 2.66. The van der Waals surface area contributed by atoms with E-state index < -0.39 is 0 Å². The highest BCUT2D eigenvalue weighted by atomic mass is 15.3. The van der Waals surface area contributed by atoms with Crippen LogP contribution in [0, 0.1) is 0 Å². The molecule has 1 aliphatic rings. The number of hydrogen-bond acceptors (Lipinski definition) is 2. The number of rotatable bonds is 4. The molecule has 2 nitrogen and oxygen atoms in total. The molecule has 1 aromatic rings. The zero-order valence-electron chi connectivity index (χ0n) is 14.6. The van der Waals surface area contributed by atoms with E-state index in [4.69, 9.17) is 0 Å². The molecule has 1 fully saturated rings. The second kappa shape index (κ2) is 6.93. The molecule has 0 aliphatic carbocycles. The van der Waals surface area contributed by atoms with Crippen molar-refractivity contribution in [1.29, 1.82) is 0 Å². The summed E-state index contributed by atoms with van der Waals surface area (Å²) < 4.78 is 0. The van der Waals surface area contributed by atoms with Crippen LogP contribution in [-0.2, 0) is 0 Å². The molecule has 0 spiro atoms. The van der Waals surface area contributed by atoms with E-state index in [2.05, 4.69) is 75.6 Å². The van der Waals surface area contributed by atoms with Gasteiger partial charge in [0.15, 0.2) is 0 Å². The minimum atomic E-state index is 0.507. The molecule has 0 saturated carbocycles. The van der Waals surface area contributed by atoms with Gasteiger partial charge in [0.25, 0.3) is 0 Å². The lowest BCUT2D eigenvalue weighted by molar-refractivity contribution is 0.0393. The fourth-order valence-electron chi connectivity index (χ4n) is 3.41. The average molecular weight is 288 g/mol. The van der Waals surface area contributed by atoms with Crippen LogP contribution in [0.4, 0.5) is 0 Å². The van der Waals surface area contributed by atoms with E-state index in [9.17, 15) is 0 Å². The molecule has 2 rings (SSSR count). The topological polar surface area (TPSA) is 6.48 Å². The van der Waals surface area contributed by atoms with E-state index in [1.54, 1.807) is 0 Å². The summed E-state index contributed by atoms with van der Waals surface area (Å²) in [6, 6.07) is 11.0. The summed E-state index contributed by atoms with van der Waals surface area (Å²) in [5.41, 5.74) is 2.92. The van der Waals surface area contributed by atoms with Gasteiger partial charge in [-0.2, -0.15) is 0 Å². The van der Waals surface area contributed by atoms with Crippen LogP contribution >= 0.6 is 0 Å². The van der Waals surface area contributed by atoms with Crippen LogP contribution in [0.2, 0.25) is 0 Å². The Morgan fingerprint density at radius 1 is 1.00 bits per heavy atom. The van der Waals surface area contributed by atoms with Gasteiger partial charge in [-0.15, -0.1) is 0 Å². The third-order valence-corrected chi connectivity index (χ3v) is 5.00. The molecule has 0 aromatic heterocycles. The summed E-state index contributed by atoms with van der Waals surface area (Å²) in [5.74, 6) is 0.604. The van der Waals surface area contributed by atoms with Gasteiger partial charge in [-0.25, -0.2) is 0 Å². The molecule has 0 bridgehead atoms. The van der Waals surface area contributed by atoms with Crippen molar-refractivity contribution >= 4 is 0 Å². The molecule has 0 amide bonds. The molecule has 2 atom stereocenters. The third kappa shape index (κ3) is 3.87. The Morgan fingerprint density at radius 2 is 1.67 bits per heavy atom. The van der Waals surface area contributed by atoms with E-state index in [-0.39, 0.29) is 0 Å². The van der Waals surface area contributed by atoms with E-state index >= 15 is 0 Å². The molecule has 2 heteroatoms. The lowest BCUT2D eigenvalue weighted by Crippen LogP contribution is -2.54. The highest BCUT2D eigenvalue weighted by Crippen LogP contribution is 2.27. The van der Waals surface area contributed by atoms with Crippen LogP contribution in [0.15, 0.2) is 24.3 Å². The molecule has 1 saturated heterocycles. The third-order valence-electron chi connectivity index (χ3n) is 5.00. The Morgan fingerprint density at radius 3 is 2.24 bits per heavy atom. The van der Waals surface area contributed by atoms with Crippen LogP contribution < -0.4 is 0 Å². The highest BCUT2D eigenvalue weighted by Gasteiger charge is 2.28. The Labute approximate surface area is 131 Å². The molecule has 1 aromatic carbocycles. The Kier molecular flexibility index (Phi) is 5.45. The summed E-state index contributed by atoms with van der Waals surface area (Å²) >= 11 is 0. The first kappa shape index (κ1) is 16.5. The first-order valence-corrected chi connectivity index (χ1v) is 8.49.